The van der Waals surface area contributed by atoms with Gasteiger partial charge in [0.1, 0.15) is 10.8 Å². The van der Waals surface area contributed by atoms with E-state index in [0.29, 0.717) is 28.6 Å². The molecule has 0 radical (unpaired) electrons. The van der Waals surface area contributed by atoms with Gasteiger partial charge in [0.15, 0.2) is 0 Å². The Morgan fingerprint density at radius 2 is 2.23 bits per heavy atom. The zero-order valence-corrected chi connectivity index (χ0v) is 14.3. The highest BCUT2D eigenvalue weighted by Gasteiger charge is 2.19. The molecule has 0 bridgehead atoms. The topological polar surface area (TPSA) is 68.5 Å². The summed E-state index contributed by atoms with van der Waals surface area (Å²) in [6.07, 6.45) is 2.79. The van der Waals surface area contributed by atoms with E-state index in [9.17, 15) is 4.79 Å². The predicted octanol–water partition coefficient (Wildman–Crippen LogP) is 3.22. The van der Waals surface area contributed by atoms with Gasteiger partial charge in [-0.3, -0.25) is 4.79 Å². The fourth-order valence-electron chi connectivity index (χ4n) is 1.97. The first-order chi connectivity index (χ1) is 10.5. The van der Waals surface area contributed by atoms with E-state index < -0.39 is 0 Å². The number of carbonyl (C=O) groups is 1. The maximum absolute atomic E-state index is 12.6. The molecule has 1 heterocycles. The molecule has 0 saturated heterocycles. The fraction of sp³-hybridized carbons (Fsp3) is 0.333. The minimum Gasteiger partial charge on any atom is -0.496 e. The Bertz CT molecular complexity index is 687. The Hall–Kier alpha value is -1.79. The first kappa shape index (κ1) is 16.6. The molecule has 22 heavy (non-hydrogen) atoms. The molecule has 0 unspecified atom stereocenters. The number of rotatable bonds is 5. The molecule has 2 rings (SSSR count). The summed E-state index contributed by atoms with van der Waals surface area (Å²) in [6.45, 7) is 2.52. The lowest BCUT2D eigenvalue weighted by Crippen LogP contribution is -2.26. The Morgan fingerprint density at radius 3 is 2.82 bits per heavy atom. The zero-order chi connectivity index (χ0) is 16.3. The van der Waals surface area contributed by atoms with E-state index in [-0.39, 0.29) is 5.91 Å². The molecule has 7 heteroatoms. The van der Waals surface area contributed by atoms with Crippen LogP contribution in [0.25, 0.3) is 0 Å². The van der Waals surface area contributed by atoms with Crippen molar-refractivity contribution in [1.82, 2.24) is 9.88 Å². The molecule has 0 spiro atoms. The van der Waals surface area contributed by atoms with Crippen molar-refractivity contribution >= 4 is 34.5 Å². The molecule has 0 aliphatic heterocycles. The molecule has 2 N–H and O–H groups in total. The third-order valence-electron chi connectivity index (χ3n) is 3.22. The molecule has 0 fully saturated rings. The van der Waals surface area contributed by atoms with Crippen LogP contribution >= 0.6 is 22.9 Å². The van der Waals surface area contributed by atoms with Gasteiger partial charge in [0.05, 0.1) is 29.9 Å². The Labute approximate surface area is 138 Å². The first-order valence-corrected chi connectivity index (χ1v) is 7.97. The number of hydrogen-bond donors (Lipinski definition) is 1. The molecule has 1 aromatic carbocycles. The third kappa shape index (κ3) is 3.51. The van der Waals surface area contributed by atoms with E-state index in [1.54, 1.807) is 29.4 Å². The number of hydrogen-bond acceptors (Lipinski definition) is 5. The van der Waals surface area contributed by atoms with Gasteiger partial charge in [-0.1, -0.05) is 18.5 Å². The monoisotopic (exact) mass is 339 g/mol. The molecular weight excluding hydrogens is 322 g/mol. The van der Waals surface area contributed by atoms with Crippen LogP contribution in [-0.4, -0.2) is 29.9 Å². The number of aromatic nitrogens is 1. The standard InChI is InChI=1S/C15H18ClN3O2S/c1-4-9-7-18-14(22-9)8-19(2)15(20)10-5-11(16)12(17)6-13(10)21-3/h5-7H,4,8,17H2,1-3H3. The molecule has 2 aromatic rings. The summed E-state index contributed by atoms with van der Waals surface area (Å²) in [5.41, 5.74) is 6.50. The SMILES string of the molecule is CCc1cnc(CN(C)C(=O)c2cc(Cl)c(N)cc2OC)s1. The molecule has 1 amide bonds. The number of anilines is 1. The second-order valence-corrected chi connectivity index (χ2v) is 6.42. The second kappa shape index (κ2) is 6.98. The summed E-state index contributed by atoms with van der Waals surface area (Å²) in [4.78, 5) is 19.7. The molecule has 0 aliphatic rings. The van der Waals surface area contributed by atoms with Crippen LogP contribution in [0.1, 0.15) is 27.2 Å². The Kier molecular flexibility index (Phi) is 5.26. The molecule has 0 aliphatic carbocycles. The first-order valence-electron chi connectivity index (χ1n) is 6.78. The fourth-order valence-corrected chi connectivity index (χ4v) is 3.05. The number of halogens is 1. The number of aryl methyl sites for hydroxylation is 1. The Morgan fingerprint density at radius 1 is 1.50 bits per heavy atom. The maximum Gasteiger partial charge on any atom is 0.257 e. The molecule has 0 atom stereocenters. The number of amides is 1. The summed E-state index contributed by atoms with van der Waals surface area (Å²) in [7, 11) is 3.22. The van der Waals surface area contributed by atoms with Gasteiger partial charge >= 0.3 is 0 Å². The van der Waals surface area contributed by atoms with E-state index in [2.05, 4.69) is 11.9 Å². The van der Waals surface area contributed by atoms with Crippen molar-refractivity contribution < 1.29 is 9.53 Å². The van der Waals surface area contributed by atoms with Crippen LogP contribution in [0.2, 0.25) is 5.02 Å². The highest BCUT2D eigenvalue weighted by molar-refractivity contribution is 7.11. The number of methoxy groups -OCH3 is 1. The van der Waals surface area contributed by atoms with Crippen LogP contribution in [0.4, 0.5) is 5.69 Å². The van der Waals surface area contributed by atoms with E-state index in [0.717, 1.165) is 11.4 Å². The predicted molar refractivity (Wildman–Crippen MR) is 89.7 cm³/mol. The lowest BCUT2D eigenvalue weighted by molar-refractivity contribution is 0.0781. The van der Waals surface area contributed by atoms with Gasteiger partial charge in [-0.05, 0) is 12.5 Å². The summed E-state index contributed by atoms with van der Waals surface area (Å²) in [5, 5.41) is 1.23. The summed E-state index contributed by atoms with van der Waals surface area (Å²) < 4.78 is 5.23. The average molecular weight is 340 g/mol. The van der Waals surface area contributed by atoms with Crippen molar-refractivity contribution in [3.05, 3.63) is 38.8 Å². The number of benzene rings is 1. The van der Waals surface area contributed by atoms with Crippen LogP contribution in [0, 0.1) is 0 Å². The molecule has 1 aromatic heterocycles. The number of nitrogens with zero attached hydrogens (tertiary/aromatic N) is 2. The van der Waals surface area contributed by atoms with Crippen LogP contribution in [0.15, 0.2) is 18.3 Å². The number of thiazole rings is 1. The highest BCUT2D eigenvalue weighted by Crippen LogP contribution is 2.30. The minimum absolute atomic E-state index is 0.188. The van der Waals surface area contributed by atoms with Gasteiger partial charge in [-0.25, -0.2) is 4.98 Å². The lowest BCUT2D eigenvalue weighted by Gasteiger charge is -2.18. The summed E-state index contributed by atoms with van der Waals surface area (Å²) in [6, 6.07) is 3.09. The number of ether oxygens (including phenoxy) is 1. The number of carbonyl (C=O) groups excluding carboxylic acids is 1. The summed E-state index contributed by atoms with van der Waals surface area (Å²) in [5.74, 6) is 0.221. The second-order valence-electron chi connectivity index (χ2n) is 4.81. The smallest absolute Gasteiger partial charge is 0.257 e. The largest absolute Gasteiger partial charge is 0.496 e. The van der Waals surface area contributed by atoms with Gasteiger partial charge in [0.2, 0.25) is 0 Å². The van der Waals surface area contributed by atoms with Crippen molar-refractivity contribution in [3.63, 3.8) is 0 Å². The quantitative estimate of drug-likeness (QED) is 0.849. The van der Waals surface area contributed by atoms with Gasteiger partial charge in [-0.2, -0.15) is 0 Å². The highest BCUT2D eigenvalue weighted by atomic mass is 35.5. The van der Waals surface area contributed by atoms with Crippen LogP contribution < -0.4 is 10.5 Å². The number of nitrogen functional groups attached to an aromatic ring is 1. The van der Waals surface area contributed by atoms with Crippen molar-refractivity contribution in [2.24, 2.45) is 0 Å². The van der Waals surface area contributed by atoms with Gasteiger partial charge in [0.25, 0.3) is 5.91 Å². The molecular formula is C15H18ClN3O2S. The van der Waals surface area contributed by atoms with Gasteiger partial charge in [0, 0.05) is 24.2 Å². The third-order valence-corrected chi connectivity index (χ3v) is 4.67. The molecule has 118 valence electrons. The van der Waals surface area contributed by atoms with E-state index in [4.69, 9.17) is 22.1 Å². The molecule has 5 nitrogen and oxygen atoms in total. The lowest BCUT2D eigenvalue weighted by atomic mass is 10.1. The minimum atomic E-state index is -0.188. The van der Waals surface area contributed by atoms with Crippen molar-refractivity contribution in [2.75, 3.05) is 19.9 Å². The van der Waals surface area contributed by atoms with Crippen molar-refractivity contribution in [3.8, 4) is 5.75 Å². The summed E-state index contributed by atoms with van der Waals surface area (Å²) >= 11 is 7.62. The van der Waals surface area contributed by atoms with E-state index in [1.807, 2.05) is 6.20 Å². The van der Waals surface area contributed by atoms with Crippen LogP contribution in [-0.2, 0) is 13.0 Å². The van der Waals surface area contributed by atoms with E-state index in [1.165, 1.54) is 18.1 Å². The normalized spacial score (nSPS) is 10.5. The van der Waals surface area contributed by atoms with E-state index >= 15 is 0 Å². The Balaban J connectivity index is 2.21. The maximum atomic E-state index is 12.6. The van der Waals surface area contributed by atoms with Gasteiger partial charge < -0.3 is 15.4 Å². The number of nitrogens with two attached hydrogens (primary N) is 1. The van der Waals surface area contributed by atoms with Crippen LogP contribution in [0.5, 0.6) is 5.75 Å². The average Bonchev–Trinajstić information content (AvgIpc) is 2.96. The van der Waals surface area contributed by atoms with Crippen LogP contribution in [0.3, 0.4) is 0 Å². The van der Waals surface area contributed by atoms with Gasteiger partial charge in [-0.15, -0.1) is 11.3 Å². The molecule has 0 saturated carbocycles. The zero-order valence-electron chi connectivity index (χ0n) is 12.7. The van der Waals surface area contributed by atoms with Crippen molar-refractivity contribution in [1.29, 1.82) is 0 Å². The van der Waals surface area contributed by atoms with Crippen molar-refractivity contribution in [2.45, 2.75) is 19.9 Å².